The minimum Gasteiger partial charge on any atom is -0.467 e. The van der Waals surface area contributed by atoms with Gasteiger partial charge in [0.1, 0.15) is 0 Å². The predicted octanol–water partition coefficient (Wildman–Crippen LogP) is 1.93. The summed E-state index contributed by atoms with van der Waals surface area (Å²) in [5.41, 5.74) is -4.14. The van der Waals surface area contributed by atoms with E-state index >= 15 is 0 Å². The first-order valence-electron chi connectivity index (χ1n) is 9.49. The smallest absolute Gasteiger partial charge is 0.345 e. The second-order valence-corrected chi connectivity index (χ2v) is 13.9. The van der Waals surface area contributed by atoms with E-state index in [1.807, 2.05) is 33.9 Å². The van der Waals surface area contributed by atoms with E-state index in [2.05, 4.69) is 0 Å². The Hall–Kier alpha value is -1.49. The first kappa shape index (κ1) is 23.8. The van der Waals surface area contributed by atoms with Crippen LogP contribution in [0.25, 0.3) is 0 Å². The lowest BCUT2D eigenvalue weighted by Gasteiger charge is -2.52. The Labute approximate surface area is 172 Å². The van der Waals surface area contributed by atoms with Gasteiger partial charge >= 0.3 is 17.9 Å². The standard InChI is InChI=1S/C19H32O9Si/c1-16(2,3)29(8,9)28-18(14(21)24-6)11-10-17(4)26-12(13(20)23-5)19(18,27-17)15(22)25-7/h12H,10-11H2,1-9H3/t12-,17+,18+,19-/m1/s1. The zero-order chi connectivity index (χ0) is 22.5. The van der Waals surface area contributed by atoms with Crippen LogP contribution in [0, 0.1) is 0 Å². The van der Waals surface area contributed by atoms with Crippen LogP contribution in [0.2, 0.25) is 18.1 Å². The highest BCUT2D eigenvalue weighted by Crippen LogP contribution is 2.57. The monoisotopic (exact) mass is 432 g/mol. The van der Waals surface area contributed by atoms with Gasteiger partial charge in [0.15, 0.2) is 19.7 Å². The van der Waals surface area contributed by atoms with E-state index in [1.54, 1.807) is 6.92 Å². The van der Waals surface area contributed by atoms with Crippen LogP contribution in [0.3, 0.4) is 0 Å². The molecule has 0 unspecified atom stereocenters. The van der Waals surface area contributed by atoms with Crippen molar-refractivity contribution in [1.82, 2.24) is 0 Å². The topological polar surface area (TPSA) is 107 Å². The van der Waals surface area contributed by atoms with Crippen molar-refractivity contribution in [1.29, 1.82) is 0 Å². The lowest BCUT2D eigenvalue weighted by Crippen LogP contribution is -2.75. The molecule has 29 heavy (non-hydrogen) atoms. The number of ether oxygens (including phenoxy) is 5. The lowest BCUT2D eigenvalue weighted by atomic mass is 9.73. The van der Waals surface area contributed by atoms with Crippen molar-refractivity contribution < 1.29 is 42.5 Å². The average molecular weight is 433 g/mol. The van der Waals surface area contributed by atoms with Crippen LogP contribution in [-0.4, -0.2) is 70.6 Å². The average Bonchev–Trinajstić information content (AvgIpc) is 2.92. The molecule has 0 aromatic carbocycles. The van der Waals surface area contributed by atoms with E-state index in [0.29, 0.717) is 0 Å². The second kappa shape index (κ2) is 7.33. The fraction of sp³-hybridized carbons (Fsp3) is 0.842. The van der Waals surface area contributed by atoms with E-state index in [-0.39, 0.29) is 17.9 Å². The van der Waals surface area contributed by atoms with Gasteiger partial charge in [-0.15, -0.1) is 0 Å². The molecule has 2 heterocycles. The van der Waals surface area contributed by atoms with Gasteiger partial charge in [0.25, 0.3) is 0 Å². The van der Waals surface area contributed by atoms with E-state index in [1.165, 1.54) is 7.11 Å². The highest BCUT2D eigenvalue weighted by molar-refractivity contribution is 6.74. The van der Waals surface area contributed by atoms with E-state index < -0.39 is 49.3 Å². The van der Waals surface area contributed by atoms with Gasteiger partial charge in [-0.1, -0.05) is 20.8 Å². The minimum absolute atomic E-state index is 0.0469. The molecule has 4 atom stereocenters. The predicted molar refractivity (Wildman–Crippen MR) is 103 cm³/mol. The number of methoxy groups -OCH3 is 3. The summed E-state index contributed by atoms with van der Waals surface area (Å²) in [6.07, 6.45) is -1.31. The third kappa shape index (κ3) is 3.39. The normalized spacial score (nSPS) is 34.4. The quantitative estimate of drug-likeness (QED) is 0.366. The molecule has 0 aliphatic carbocycles. The fourth-order valence-electron chi connectivity index (χ4n) is 3.71. The Bertz CT molecular complexity index is 700. The number of rotatable bonds is 5. The van der Waals surface area contributed by atoms with Gasteiger partial charge in [0.05, 0.1) is 21.3 Å². The summed E-state index contributed by atoms with van der Waals surface area (Å²) < 4.78 is 33.4. The van der Waals surface area contributed by atoms with Gasteiger partial charge in [-0.25, -0.2) is 14.4 Å². The van der Waals surface area contributed by atoms with Crippen molar-refractivity contribution >= 4 is 26.2 Å². The number of carbonyl (C=O) groups is 3. The fourth-order valence-corrected chi connectivity index (χ4v) is 5.22. The van der Waals surface area contributed by atoms with Crippen molar-refractivity contribution in [2.45, 2.75) is 81.8 Å². The highest BCUT2D eigenvalue weighted by atomic mass is 28.4. The Morgan fingerprint density at radius 2 is 1.52 bits per heavy atom. The maximum Gasteiger partial charge on any atom is 0.345 e. The summed E-state index contributed by atoms with van der Waals surface area (Å²) in [5.74, 6) is -3.94. The molecule has 0 N–H and O–H groups in total. The van der Waals surface area contributed by atoms with E-state index in [9.17, 15) is 14.4 Å². The van der Waals surface area contributed by atoms with E-state index in [0.717, 1.165) is 14.2 Å². The third-order valence-electron chi connectivity index (χ3n) is 6.30. The number of fused-ring (bicyclic) bond motifs is 2. The first-order chi connectivity index (χ1) is 13.2. The Kier molecular flexibility index (Phi) is 6.01. The number of hydrogen-bond donors (Lipinski definition) is 0. The zero-order valence-electron chi connectivity index (χ0n) is 18.7. The van der Waals surface area contributed by atoms with Crippen molar-refractivity contribution in [3.8, 4) is 0 Å². The maximum atomic E-state index is 13.2. The summed E-state index contributed by atoms with van der Waals surface area (Å²) >= 11 is 0. The van der Waals surface area contributed by atoms with Gasteiger partial charge in [-0.05, 0) is 31.5 Å². The molecule has 2 aliphatic rings. The van der Waals surface area contributed by atoms with Gasteiger partial charge in [-0.2, -0.15) is 0 Å². The van der Waals surface area contributed by atoms with Crippen LogP contribution >= 0.6 is 0 Å². The van der Waals surface area contributed by atoms with Crippen molar-refractivity contribution in [3.63, 3.8) is 0 Å². The van der Waals surface area contributed by atoms with Crippen LogP contribution in [0.15, 0.2) is 0 Å². The minimum atomic E-state index is -2.68. The van der Waals surface area contributed by atoms with Gasteiger partial charge in [0, 0.05) is 6.42 Å². The molecule has 2 saturated heterocycles. The SMILES string of the molecule is COC(=O)[C@H]1O[C@]2(C)CC[C@](O[Si](C)(C)C(C)(C)C)(C(=O)OC)[C@@]1(C(=O)OC)O2. The highest BCUT2D eigenvalue weighted by Gasteiger charge is 2.80. The molecule has 0 aromatic rings. The zero-order valence-corrected chi connectivity index (χ0v) is 19.7. The molecule has 0 aromatic heterocycles. The molecule has 9 nitrogen and oxygen atoms in total. The molecule has 2 bridgehead atoms. The molecule has 2 rings (SSSR count). The van der Waals surface area contributed by atoms with Crippen LogP contribution in [-0.2, 0) is 42.5 Å². The number of carbonyl (C=O) groups excluding carboxylic acids is 3. The van der Waals surface area contributed by atoms with Crippen LogP contribution in [0.1, 0.15) is 40.5 Å². The Morgan fingerprint density at radius 3 is 1.97 bits per heavy atom. The van der Waals surface area contributed by atoms with Crippen LogP contribution in [0.4, 0.5) is 0 Å². The molecule has 2 fully saturated rings. The summed E-state index contributed by atoms with van der Waals surface area (Å²) in [5, 5.41) is -0.313. The van der Waals surface area contributed by atoms with Gasteiger partial charge < -0.3 is 28.1 Å². The molecular weight excluding hydrogens is 400 g/mol. The second-order valence-electron chi connectivity index (χ2n) is 9.17. The van der Waals surface area contributed by atoms with Crippen LogP contribution in [0.5, 0.6) is 0 Å². The van der Waals surface area contributed by atoms with Crippen molar-refractivity contribution in [2.75, 3.05) is 21.3 Å². The maximum absolute atomic E-state index is 13.2. The largest absolute Gasteiger partial charge is 0.467 e. The summed E-state index contributed by atoms with van der Waals surface area (Å²) in [7, 11) is 0.820. The molecule has 0 spiro atoms. The van der Waals surface area contributed by atoms with Crippen molar-refractivity contribution in [3.05, 3.63) is 0 Å². The molecule has 0 amide bonds. The third-order valence-corrected chi connectivity index (χ3v) is 10.8. The summed E-state index contributed by atoms with van der Waals surface area (Å²) in [6, 6.07) is 0. The van der Waals surface area contributed by atoms with Gasteiger partial charge in [-0.3, -0.25) is 0 Å². The van der Waals surface area contributed by atoms with E-state index in [4.69, 9.17) is 28.1 Å². The molecule has 166 valence electrons. The van der Waals surface area contributed by atoms with Crippen LogP contribution < -0.4 is 0 Å². The van der Waals surface area contributed by atoms with Gasteiger partial charge in [0.2, 0.25) is 11.7 Å². The molecule has 0 radical (unpaired) electrons. The number of esters is 3. The Morgan fingerprint density at radius 1 is 0.966 bits per heavy atom. The Balaban J connectivity index is 2.81. The molecule has 2 aliphatic heterocycles. The molecule has 0 saturated carbocycles. The molecular formula is C19H32O9Si. The lowest BCUT2D eigenvalue weighted by molar-refractivity contribution is -0.261. The number of hydrogen-bond acceptors (Lipinski definition) is 9. The van der Waals surface area contributed by atoms with Crippen molar-refractivity contribution in [2.24, 2.45) is 0 Å². The first-order valence-corrected chi connectivity index (χ1v) is 12.4. The molecule has 10 heteroatoms. The summed E-state index contributed by atoms with van der Waals surface area (Å²) in [4.78, 5) is 39.1. The summed E-state index contributed by atoms with van der Waals surface area (Å²) in [6.45, 7) is 11.4.